The number of carbonyl (C=O) groups is 2. The Bertz CT molecular complexity index is 1820. The normalized spacial score (nSPS) is 12.2. The highest BCUT2D eigenvalue weighted by atomic mass is 32.1. The van der Waals surface area contributed by atoms with Crippen LogP contribution >= 0.6 is 11.3 Å². The third-order valence-electron chi connectivity index (χ3n) is 8.77. The van der Waals surface area contributed by atoms with Crippen LogP contribution in [0.5, 0.6) is 5.75 Å². The van der Waals surface area contributed by atoms with Crippen LogP contribution in [-0.2, 0) is 46.1 Å². The number of carbonyl (C=O) groups excluding carboxylic acids is 2. The van der Waals surface area contributed by atoms with E-state index in [-0.39, 0.29) is 24.8 Å². The van der Waals surface area contributed by atoms with Gasteiger partial charge in [0.2, 0.25) is 5.91 Å². The number of aryl methyl sites for hydroxylation is 2. The van der Waals surface area contributed by atoms with E-state index in [1.807, 2.05) is 79.4 Å². The number of nitrogens with zero attached hydrogens (tertiary/aromatic N) is 2. The lowest BCUT2D eigenvalue weighted by atomic mass is 10.0. The minimum Gasteiger partial charge on any atom is -0.491 e. The van der Waals surface area contributed by atoms with Crippen LogP contribution in [-0.4, -0.2) is 121 Å². The van der Waals surface area contributed by atoms with Crippen molar-refractivity contribution in [1.29, 1.82) is 0 Å². The van der Waals surface area contributed by atoms with Gasteiger partial charge in [-0.3, -0.25) is 9.59 Å². The Morgan fingerprint density at radius 1 is 0.750 bits per heavy atom. The number of aromatic nitrogens is 1. The van der Waals surface area contributed by atoms with Crippen molar-refractivity contribution in [3.05, 3.63) is 93.9 Å². The molecule has 0 bridgehead atoms. The van der Waals surface area contributed by atoms with Crippen LogP contribution in [0.1, 0.15) is 31.9 Å². The number of thiazole rings is 1. The highest BCUT2D eigenvalue weighted by molar-refractivity contribution is 7.16. The molecule has 5 rings (SSSR count). The Balaban J connectivity index is 0.933. The number of anilines is 2. The molecule has 1 aromatic heterocycles. The van der Waals surface area contributed by atoms with E-state index in [9.17, 15) is 9.59 Å². The smallest absolute Gasteiger partial charge is 0.258 e. The summed E-state index contributed by atoms with van der Waals surface area (Å²) in [6.07, 6.45) is 0.954. The Kier molecular flexibility index (Phi) is 18.2. The van der Waals surface area contributed by atoms with E-state index in [4.69, 9.17) is 43.2 Å². The summed E-state index contributed by atoms with van der Waals surface area (Å²) in [5.74, 6) is 0.516. The zero-order valence-electron chi connectivity index (χ0n) is 32.3. The summed E-state index contributed by atoms with van der Waals surface area (Å²) < 4.78 is 38.4. The summed E-state index contributed by atoms with van der Waals surface area (Å²) in [6, 6.07) is 21.3. The number of hydrogen-bond donors (Lipinski definition) is 2. The Hall–Kier alpha value is -4.25. The molecule has 0 aliphatic carbocycles. The van der Waals surface area contributed by atoms with E-state index in [1.165, 1.54) is 11.3 Å². The first kappa shape index (κ1) is 42.9. The summed E-state index contributed by atoms with van der Waals surface area (Å²) in [7, 11) is 0. The molecule has 0 atom stereocenters. The maximum absolute atomic E-state index is 13.3. The molecule has 2 amide bonds. The van der Waals surface area contributed by atoms with E-state index < -0.39 is 0 Å². The molecule has 56 heavy (non-hydrogen) atoms. The van der Waals surface area contributed by atoms with Gasteiger partial charge in [-0.1, -0.05) is 36.4 Å². The van der Waals surface area contributed by atoms with Gasteiger partial charge in [0.05, 0.1) is 98.0 Å². The van der Waals surface area contributed by atoms with Crippen molar-refractivity contribution in [2.45, 2.75) is 26.7 Å². The van der Waals surface area contributed by atoms with Crippen molar-refractivity contribution in [2.24, 2.45) is 0 Å². The zero-order chi connectivity index (χ0) is 39.4. The Morgan fingerprint density at radius 2 is 1.38 bits per heavy atom. The van der Waals surface area contributed by atoms with E-state index >= 15 is 0 Å². The molecule has 14 heteroatoms. The predicted octanol–water partition coefficient (Wildman–Crippen LogP) is 5.28. The van der Waals surface area contributed by atoms with Crippen LogP contribution in [0.4, 0.5) is 10.8 Å². The van der Waals surface area contributed by atoms with Crippen molar-refractivity contribution in [3.8, 4) is 17.0 Å². The molecule has 2 heterocycles. The van der Waals surface area contributed by atoms with Gasteiger partial charge in [0.15, 0.2) is 5.13 Å². The number of amides is 2. The summed E-state index contributed by atoms with van der Waals surface area (Å²) in [5, 5.41) is 12.1. The lowest BCUT2D eigenvalue weighted by molar-refractivity contribution is -0.115. The van der Waals surface area contributed by atoms with Gasteiger partial charge in [0.25, 0.3) is 5.91 Å². The monoisotopic (exact) mass is 791 g/mol. The summed E-state index contributed by atoms with van der Waals surface area (Å²) in [6.45, 7) is 10.4. The van der Waals surface area contributed by atoms with Crippen molar-refractivity contribution >= 4 is 34.0 Å². The lowest BCUT2D eigenvalue weighted by Crippen LogP contribution is -2.29. The fraction of sp³-hybridized carbons (Fsp3) is 0.452. The highest BCUT2D eigenvalue weighted by Crippen LogP contribution is 2.36. The van der Waals surface area contributed by atoms with Crippen molar-refractivity contribution in [1.82, 2.24) is 4.98 Å². The standard InChI is InChI=1S/C42H53N3O10S/c1-31-6-3-4-9-37(31)41(48)45-13-12-34-30-35(10-11-38(34)45)40-32(2)56-42(44-40)43-39(47)29-33-7-5-8-36(28-33)55-27-26-54-25-24-53-23-22-52-21-20-51-19-18-50-17-16-49-15-14-46/h3-11,28,30,46H,12-27,29H2,1-2H3,(H,43,44,47). The number of fused-ring (bicyclic) bond motifs is 1. The summed E-state index contributed by atoms with van der Waals surface area (Å²) in [4.78, 5) is 34.0. The maximum atomic E-state index is 13.3. The Morgan fingerprint density at radius 3 is 2.02 bits per heavy atom. The predicted molar refractivity (Wildman–Crippen MR) is 215 cm³/mol. The lowest BCUT2D eigenvalue weighted by Gasteiger charge is -2.18. The van der Waals surface area contributed by atoms with E-state index in [1.54, 1.807) is 0 Å². The number of ether oxygens (including phenoxy) is 7. The van der Waals surface area contributed by atoms with Gasteiger partial charge in [0.1, 0.15) is 12.4 Å². The number of rotatable bonds is 26. The van der Waals surface area contributed by atoms with Crippen molar-refractivity contribution in [3.63, 3.8) is 0 Å². The third-order valence-corrected chi connectivity index (χ3v) is 9.65. The quantitative estimate of drug-likeness (QED) is 0.0801. The van der Waals surface area contributed by atoms with Gasteiger partial charge < -0.3 is 48.5 Å². The second-order valence-electron chi connectivity index (χ2n) is 12.9. The average Bonchev–Trinajstić information content (AvgIpc) is 3.79. The van der Waals surface area contributed by atoms with Crippen LogP contribution < -0.4 is 15.0 Å². The number of aliphatic hydroxyl groups excluding tert-OH is 1. The largest absolute Gasteiger partial charge is 0.491 e. The first-order chi connectivity index (χ1) is 27.4. The van der Waals surface area contributed by atoms with E-state index in [0.29, 0.717) is 103 Å². The molecule has 2 N–H and O–H groups in total. The number of nitrogens with one attached hydrogen (secondary N) is 1. The molecule has 13 nitrogen and oxygen atoms in total. The Labute approximate surface area is 332 Å². The fourth-order valence-electron chi connectivity index (χ4n) is 6.01. The van der Waals surface area contributed by atoms with Crippen LogP contribution in [0.15, 0.2) is 66.7 Å². The summed E-state index contributed by atoms with van der Waals surface area (Å²) >= 11 is 1.44. The van der Waals surface area contributed by atoms with Crippen molar-refractivity contribution < 1.29 is 47.9 Å². The molecular weight excluding hydrogens is 739 g/mol. The average molecular weight is 792 g/mol. The topological polar surface area (TPSA) is 147 Å². The molecule has 0 unspecified atom stereocenters. The molecule has 3 aromatic carbocycles. The molecule has 0 spiro atoms. The highest BCUT2D eigenvalue weighted by Gasteiger charge is 2.27. The van der Waals surface area contributed by atoms with E-state index in [0.717, 1.165) is 50.5 Å². The second kappa shape index (κ2) is 23.7. The molecule has 4 aromatic rings. The molecule has 302 valence electrons. The van der Waals surface area contributed by atoms with Crippen LogP contribution in [0.25, 0.3) is 11.3 Å². The number of benzene rings is 3. The van der Waals surface area contributed by atoms with Gasteiger partial charge in [-0.2, -0.15) is 0 Å². The number of hydrogen-bond acceptors (Lipinski definition) is 12. The minimum absolute atomic E-state index is 0.0141. The van der Waals surface area contributed by atoms with Crippen LogP contribution in [0, 0.1) is 13.8 Å². The zero-order valence-corrected chi connectivity index (χ0v) is 33.1. The van der Waals surface area contributed by atoms with Gasteiger partial charge in [0, 0.05) is 28.2 Å². The van der Waals surface area contributed by atoms with Gasteiger partial charge >= 0.3 is 0 Å². The SMILES string of the molecule is Cc1ccccc1C(=O)N1CCc2cc(-c3nc(NC(=O)Cc4cccc(OCCOCCOCCOCCOCCOCCOCCO)c4)sc3C)ccc21. The molecule has 1 aliphatic rings. The first-order valence-electron chi connectivity index (χ1n) is 19.0. The molecule has 0 radical (unpaired) electrons. The third kappa shape index (κ3) is 13.7. The van der Waals surface area contributed by atoms with E-state index in [2.05, 4.69) is 11.4 Å². The first-order valence-corrected chi connectivity index (χ1v) is 19.8. The molecule has 0 saturated heterocycles. The fourth-order valence-corrected chi connectivity index (χ4v) is 6.87. The van der Waals surface area contributed by atoms with Crippen LogP contribution in [0.2, 0.25) is 0 Å². The maximum Gasteiger partial charge on any atom is 0.258 e. The van der Waals surface area contributed by atoms with Crippen molar-refractivity contribution in [2.75, 3.05) is 109 Å². The minimum atomic E-state index is -0.164. The molecule has 0 saturated carbocycles. The van der Waals surface area contributed by atoms with Gasteiger partial charge in [-0.25, -0.2) is 4.98 Å². The molecule has 1 aliphatic heterocycles. The van der Waals surface area contributed by atoms with Crippen LogP contribution in [0.3, 0.4) is 0 Å². The van der Waals surface area contributed by atoms with Gasteiger partial charge in [-0.05, 0) is 67.3 Å². The summed E-state index contributed by atoms with van der Waals surface area (Å²) in [5.41, 5.74) is 6.34. The molecular formula is C42H53N3O10S. The number of aliphatic hydroxyl groups is 1. The van der Waals surface area contributed by atoms with Gasteiger partial charge in [-0.15, -0.1) is 11.3 Å². The molecule has 0 fully saturated rings. The second-order valence-corrected chi connectivity index (χ2v) is 14.1.